The first-order chi connectivity index (χ1) is 13.9. The molecule has 0 saturated heterocycles. The molecule has 3 aromatic rings. The van der Waals surface area contributed by atoms with Crippen LogP contribution in [-0.4, -0.2) is 19.0 Å². The summed E-state index contributed by atoms with van der Waals surface area (Å²) in [5, 5.41) is 0.605. The maximum atomic E-state index is 12.9. The lowest BCUT2D eigenvalue weighted by molar-refractivity contribution is 0.390. The molecule has 3 atom stereocenters. The summed E-state index contributed by atoms with van der Waals surface area (Å²) in [5.74, 6) is 1.13. The van der Waals surface area contributed by atoms with Crippen LogP contribution in [0.25, 0.3) is 10.2 Å². The molecular formula is C21H21ClN2O3S2. The third kappa shape index (κ3) is 3.54. The number of sulfonamides is 1. The molecule has 0 aliphatic heterocycles. The summed E-state index contributed by atoms with van der Waals surface area (Å²) in [6, 6.07) is 12.4. The van der Waals surface area contributed by atoms with Crippen LogP contribution in [0.3, 0.4) is 0 Å². The van der Waals surface area contributed by atoms with Crippen molar-refractivity contribution in [2.24, 2.45) is 11.8 Å². The van der Waals surface area contributed by atoms with Crippen LogP contribution in [0.5, 0.6) is 0 Å². The van der Waals surface area contributed by atoms with Gasteiger partial charge in [-0.15, -0.1) is 0 Å². The Balaban J connectivity index is 1.45. The summed E-state index contributed by atoms with van der Waals surface area (Å²) in [7, 11) is -3.60. The van der Waals surface area contributed by atoms with Crippen LogP contribution in [-0.2, 0) is 16.6 Å². The van der Waals surface area contributed by atoms with Gasteiger partial charge >= 0.3 is 4.87 Å². The molecule has 152 valence electrons. The monoisotopic (exact) mass is 448 g/mol. The summed E-state index contributed by atoms with van der Waals surface area (Å²) in [5.41, 5.74) is 1.57. The van der Waals surface area contributed by atoms with Crippen molar-refractivity contribution >= 4 is 43.2 Å². The van der Waals surface area contributed by atoms with Crippen LogP contribution in [0.4, 0.5) is 0 Å². The normalized spacial score (nSPS) is 23.8. The number of rotatable bonds is 5. The molecule has 1 aromatic heterocycles. The fourth-order valence-corrected chi connectivity index (χ4v) is 7.36. The standard InChI is InChI=1S/C21H21ClN2O3S2/c22-17-4-2-1-3-15(17)12-24-19-8-7-16(11-20(19)28-21(24)25)29(26,27)23-18-10-13-5-6-14(18)9-13/h1-4,7-8,11,13-14,18,23H,5-6,9-10,12H2/t13-,14-,18+/m0/s1. The summed E-state index contributed by atoms with van der Waals surface area (Å²) in [6.07, 6.45) is 4.41. The van der Waals surface area contributed by atoms with Crippen LogP contribution >= 0.6 is 22.9 Å². The zero-order chi connectivity index (χ0) is 20.2. The summed E-state index contributed by atoms with van der Waals surface area (Å²) in [6.45, 7) is 0.355. The number of fused-ring (bicyclic) bond motifs is 3. The Kier molecular flexibility index (Phi) is 4.81. The highest BCUT2D eigenvalue weighted by Crippen LogP contribution is 2.44. The maximum absolute atomic E-state index is 12.9. The van der Waals surface area contributed by atoms with E-state index in [0.717, 1.165) is 41.7 Å². The van der Waals surface area contributed by atoms with Crippen molar-refractivity contribution in [3.63, 3.8) is 0 Å². The molecule has 2 saturated carbocycles. The van der Waals surface area contributed by atoms with Crippen molar-refractivity contribution < 1.29 is 8.42 Å². The van der Waals surface area contributed by atoms with Gasteiger partial charge in [0.2, 0.25) is 10.0 Å². The second-order valence-corrected chi connectivity index (χ2v) is 11.2. The van der Waals surface area contributed by atoms with Gasteiger partial charge in [-0.1, -0.05) is 47.6 Å². The predicted molar refractivity (Wildman–Crippen MR) is 116 cm³/mol. The molecule has 0 spiro atoms. The van der Waals surface area contributed by atoms with E-state index in [1.165, 1.54) is 6.42 Å². The fourth-order valence-electron chi connectivity index (χ4n) is 4.82. The van der Waals surface area contributed by atoms with Crippen molar-refractivity contribution in [2.45, 2.75) is 43.2 Å². The van der Waals surface area contributed by atoms with Gasteiger partial charge in [-0.25, -0.2) is 13.1 Å². The maximum Gasteiger partial charge on any atom is 0.308 e. The van der Waals surface area contributed by atoms with Crippen molar-refractivity contribution in [3.8, 4) is 0 Å². The van der Waals surface area contributed by atoms with Gasteiger partial charge in [0.25, 0.3) is 0 Å². The van der Waals surface area contributed by atoms with Crippen LogP contribution in [0.15, 0.2) is 52.2 Å². The van der Waals surface area contributed by atoms with Gasteiger partial charge < -0.3 is 0 Å². The Labute approximate surface area is 178 Å². The van der Waals surface area contributed by atoms with Crippen molar-refractivity contribution in [1.29, 1.82) is 0 Å². The number of halogens is 1. The van der Waals surface area contributed by atoms with Gasteiger partial charge in [-0.3, -0.25) is 9.36 Å². The van der Waals surface area contributed by atoms with E-state index >= 15 is 0 Å². The highest BCUT2D eigenvalue weighted by Gasteiger charge is 2.41. The summed E-state index contributed by atoms with van der Waals surface area (Å²) in [4.78, 5) is 12.6. The average molecular weight is 449 g/mol. The molecule has 1 heterocycles. The molecule has 2 aliphatic rings. The van der Waals surface area contributed by atoms with Gasteiger partial charge in [0.15, 0.2) is 0 Å². The number of nitrogens with one attached hydrogen (secondary N) is 1. The summed E-state index contributed by atoms with van der Waals surface area (Å²) < 4.78 is 31.1. The van der Waals surface area contributed by atoms with Crippen LogP contribution in [0.2, 0.25) is 5.02 Å². The van der Waals surface area contributed by atoms with Gasteiger partial charge in [-0.05, 0) is 60.9 Å². The first kappa shape index (κ1) is 19.3. The smallest absolute Gasteiger partial charge is 0.294 e. The molecule has 29 heavy (non-hydrogen) atoms. The van der Waals surface area contributed by atoms with E-state index < -0.39 is 10.0 Å². The first-order valence-electron chi connectivity index (χ1n) is 9.80. The molecule has 2 aliphatic carbocycles. The minimum absolute atomic E-state index is 0.0398. The lowest BCUT2D eigenvalue weighted by atomic mass is 9.96. The predicted octanol–water partition coefficient (Wildman–Crippen LogP) is 4.23. The third-order valence-electron chi connectivity index (χ3n) is 6.28. The molecule has 0 amide bonds. The average Bonchev–Trinajstić information content (AvgIpc) is 3.37. The quantitative estimate of drug-likeness (QED) is 0.635. The van der Waals surface area contributed by atoms with Crippen molar-refractivity contribution in [2.75, 3.05) is 0 Å². The van der Waals surface area contributed by atoms with Gasteiger partial charge in [0.05, 0.1) is 21.7 Å². The van der Waals surface area contributed by atoms with E-state index in [1.54, 1.807) is 28.8 Å². The number of hydrogen-bond acceptors (Lipinski definition) is 4. The summed E-state index contributed by atoms with van der Waals surface area (Å²) >= 11 is 7.30. The lowest BCUT2D eigenvalue weighted by Crippen LogP contribution is -2.38. The van der Waals surface area contributed by atoms with Crippen molar-refractivity contribution in [1.82, 2.24) is 9.29 Å². The SMILES string of the molecule is O=c1sc2cc(S(=O)(=O)N[C@@H]3C[C@H]4CC[C@H]3C4)ccc2n1Cc1ccccc1Cl. The zero-order valence-corrected chi connectivity index (χ0v) is 18.1. The molecule has 5 nitrogen and oxygen atoms in total. The highest BCUT2D eigenvalue weighted by atomic mass is 35.5. The molecule has 0 radical (unpaired) electrons. The van der Waals surface area contributed by atoms with E-state index in [2.05, 4.69) is 4.72 Å². The molecule has 8 heteroatoms. The number of thiazole rings is 1. The number of hydrogen-bond donors (Lipinski definition) is 1. The second kappa shape index (κ2) is 7.23. The Bertz CT molecular complexity index is 1250. The van der Waals surface area contributed by atoms with Crippen LogP contribution in [0.1, 0.15) is 31.2 Å². The minimum Gasteiger partial charge on any atom is -0.294 e. The van der Waals surface area contributed by atoms with Gasteiger partial charge in [0, 0.05) is 11.1 Å². The molecule has 2 fully saturated rings. The van der Waals surface area contributed by atoms with E-state index in [0.29, 0.717) is 28.1 Å². The van der Waals surface area contributed by atoms with Gasteiger partial charge in [0.1, 0.15) is 0 Å². The number of benzene rings is 2. The van der Waals surface area contributed by atoms with Crippen LogP contribution < -0.4 is 9.60 Å². The Morgan fingerprint density at radius 1 is 1.14 bits per heavy atom. The van der Waals surface area contributed by atoms with E-state index in [-0.39, 0.29) is 15.8 Å². The fraction of sp³-hybridized carbons (Fsp3) is 0.381. The van der Waals surface area contributed by atoms with E-state index in [4.69, 9.17) is 11.6 Å². The molecule has 0 unspecified atom stereocenters. The van der Waals surface area contributed by atoms with Crippen molar-refractivity contribution in [3.05, 3.63) is 62.7 Å². The highest BCUT2D eigenvalue weighted by molar-refractivity contribution is 7.89. The number of aromatic nitrogens is 1. The first-order valence-corrected chi connectivity index (χ1v) is 12.5. The molecule has 5 rings (SSSR count). The Morgan fingerprint density at radius 2 is 1.97 bits per heavy atom. The second-order valence-electron chi connectivity index (χ2n) is 8.08. The molecular weight excluding hydrogens is 428 g/mol. The Hall–Kier alpha value is -1.67. The Morgan fingerprint density at radius 3 is 2.69 bits per heavy atom. The topological polar surface area (TPSA) is 68.2 Å². The molecule has 2 aromatic carbocycles. The van der Waals surface area contributed by atoms with E-state index in [1.807, 2.05) is 18.2 Å². The minimum atomic E-state index is -3.60. The largest absolute Gasteiger partial charge is 0.308 e. The van der Waals surface area contributed by atoms with Crippen LogP contribution in [0, 0.1) is 11.8 Å². The zero-order valence-electron chi connectivity index (χ0n) is 15.7. The molecule has 1 N–H and O–H groups in total. The van der Waals surface area contributed by atoms with E-state index in [9.17, 15) is 13.2 Å². The lowest BCUT2D eigenvalue weighted by Gasteiger charge is -2.22. The third-order valence-corrected chi connectivity index (χ3v) is 9.08. The number of nitrogens with zero attached hydrogens (tertiary/aromatic N) is 1. The molecule has 2 bridgehead atoms. The van der Waals surface area contributed by atoms with Gasteiger partial charge in [-0.2, -0.15) is 0 Å².